The van der Waals surface area contributed by atoms with E-state index in [-0.39, 0.29) is 24.8 Å². The maximum absolute atomic E-state index is 12.4. The Bertz CT molecular complexity index is 1250. The summed E-state index contributed by atoms with van der Waals surface area (Å²) in [7, 11) is 0. The normalized spacial score (nSPS) is 17.0. The van der Waals surface area contributed by atoms with Crippen LogP contribution in [-0.2, 0) is 14.2 Å². The smallest absolute Gasteiger partial charge is 0.429 e. The molecular formula is C23H20ClN3O8. The van der Waals surface area contributed by atoms with Gasteiger partial charge in [-0.1, -0.05) is 29.3 Å². The molecule has 1 aliphatic heterocycles. The third kappa shape index (κ3) is 6.79. The first-order valence-electron chi connectivity index (χ1n) is 10.4. The standard InChI is InChI=1S/C23H20ClN3O8/c1-14-2-6-16(7-3-14)33-22(29)26-18-10-11-27(21(28)25-18)19-12-31-20(35-19)13-32-23(30)34-17-8-4-15(24)5-9-17/h2-11,19-20H,12-13H2,1H3,(H,25,26,28,29)/t19-,20-/m0/s1. The molecular weight excluding hydrogens is 482 g/mol. The van der Waals surface area contributed by atoms with Gasteiger partial charge in [0.05, 0.1) is 6.61 Å². The molecule has 2 aromatic carbocycles. The fourth-order valence-corrected chi connectivity index (χ4v) is 3.11. The third-order valence-corrected chi connectivity index (χ3v) is 4.94. The monoisotopic (exact) mass is 501 g/mol. The Morgan fingerprint density at radius 2 is 1.77 bits per heavy atom. The summed E-state index contributed by atoms with van der Waals surface area (Å²) < 4.78 is 27.3. The molecule has 1 aliphatic rings. The molecule has 35 heavy (non-hydrogen) atoms. The summed E-state index contributed by atoms with van der Waals surface area (Å²) in [4.78, 5) is 40.1. The second-order valence-corrected chi connectivity index (χ2v) is 7.74. The topological polar surface area (TPSA) is 127 Å². The Balaban J connectivity index is 1.26. The molecule has 3 aromatic rings. The Kier molecular flexibility index (Phi) is 7.60. The Morgan fingerprint density at radius 1 is 1.09 bits per heavy atom. The van der Waals surface area contributed by atoms with Crippen LogP contribution >= 0.6 is 11.6 Å². The van der Waals surface area contributed by atoms with Gasteiger partial charge in [0.1, 0.15) is 23.9 Å². The van der Waals surface area contributed by atoms with Crippen LogP contribution in [0.5, 0.6) is 11.5 Å². The average molecular weight is 502 g/mol. The van der Waals surface area contributed by atoms with Gasteiger partial charge in [-0.05, 0) is 49.4 Å². The van der Waals surface area contributed by atoms with Crippen molar-refractivity contribution in [2.24, 2.45) is 0 Å². The molecule has 0 bridgehead atoms. The molecule has 12 heteroatoms. The van der Waals surface area contributed by atoms with Gasteiger partial charge in [-0.15, -0.1) is 0 Å². The van der Waals surface area contributed by atoms with E-state index in [0.29, 0.717) is 10.8 Å². The molecule has 2 atom stereocenters. The van der Waals surface area contributed by atoms with Crippen LogP contribution in [-0.4, -0.2) is 41.3 Å². The molecule has 0 radical (unpaired) electrons. The van der Waals surface area contributed by atoms with E-state index in [1.807, 2.05) is 6.92 Å². The number of hydrogen-bond acceptors (Lipinski definition) is 9. The van der Waals surface area contributed by atoms with Crippen molar-refractivity contribution in [3.63, 3.8) is 0 Å². The van der Waals surface area contributed by atoms with Crippen molar-refractivity contribution < 1.29 is 33.3 Å². The minimum atomic E-state index is -0.949. The number of aromatic nitrogens is 2. The van der Waals surface area contributed by atoms with E-state index in [4.69, 9.17) is 35.3 Å². The fraction of sp³-hybridized carbons (Fsp3) is 0.217. The van der Waals surface area contributed by atoms with Crippen LogP contribution in [0.4, 0.5) is 15.4 Å². The second kappa shape index (κ2) is 11.0. The first-order valence-corrected chi connectivity index (χ1v) is 10.8. The highest BCUT2D eigenvalue weighted by molar-refractivity contribution is 6.30. The quantitative estimate of drug-likeness (QED) is 0.395. The molecule has 0 unspecified atom stereocenters. The van der Waals surface area contributed by atoms with Crippen LogP contribution in [0, 0.1) is 6.92 Å². The van der Waals surface area contributed by atoms with Crippen molar-refractivity contribution in [1.82, 2.24) is 9.55 Å². The summed E-state index contributed by atoms with van der Waals surface area (Å²) in [6, 6.07) is 14.5. The maximum atomic E-state index is 12.4. The summed E-state index contributed by atoms with van der Waals surface area (Å²) >= 11 is 5.78. The highest BCUT2D eigenvalue weighted by atomic mass is 35.5. The molecule has 2 heterocycles. The number of carbonyl (C=O) groups excluding carboxylic acids is 2. The minimum Gasteiger partial charge on any atom is -0.429 e. The summed E-state index contributed by atoms with van der Waals surface area (Å²) in [5.41, 5.74) is 0.336. The third-order valence-electron chi connectivity index (χ3n) is 4.69. The van der Waals surface area contributed by atoms with Crippen molar-refractivity contribution in [3.05, 3.63) is 81.9 Å². The average Bonchev–Trinajstić information content (AvgIpc) is 3.29. The van der Waals surface area contributed by atoms with E-state index in [1.165, 1.54) is 29.0 Å². The van der Waals surface area contributed by atoms with Crippen molar-refractivity contribution in [3.8, 4) is 11.5 Å². The van der Waals surface area contributed by atoms with Crippen LogP contribution in [0.25, 0.3) is 0 Å². The summed E-state index contributed by atoms with van der Waals surface area (Å²) in [6.45, 7) is 1.67. The first-order chi connectivity index (χ1) is 16.9. The Labute approximate surface area is 204 Å². The first kappa shape index (κ1) is 24.2. The van der Waals surface area contributed by atoms with Gasteiger partial charge in [0.2, 0.25) is 0 Å². The molecule has 1 amide bonds. The molecule has 182 valence electrons. The zero-order valence-corrected chi connectivity index (χ0v) is 19.1. The zero-order chi connectivity index (χ0) is 24.8. The van der Waals surface area contributed by atoms with Gasteiger partial charge >= 0.3 is 17.9 Å². The lowest BCUT2D eigenvalue weighted by atomic mass is 10.2. The molecule has 4 rings (SSSR count). The molecule has 1 N–H and O–H groups in total. The van der Waals surface area contributed by atoms with Crippen molar-refractivity contribution in [2.45, 2.75) is 19.4 Å². The van der Waals surface area contributed by atoms with E-state index in [2.05, 4.69) is 10.3 Å². The van der Waals surface area contributed by atoms with Crippen molar-refractivity contribution in [2.75, 3.05) is 18.5 Å². The molecule has 0 spiro atoms. The van der Waals surface area contributed by atoms with Gasteiger partial charge in [-0.2, -0.15) is 4.98 Å². The van der Waals surface area contributed by atoms with Gasteiger partial charge in [0.15, 0.2) is 12.5 Å². The lowest BCUT2D eigenvalue weighted by Gasteiger charge is -2.14. The lowest BCUT2D eigenvalue weighted by Crippen LogP contribution is -2.30. The van der Waals surface area contributed by atoms with Gasteiger partial charge < -0.3 is 23.7 Å². The van der Waals surface area contributed by atoms with Crippen LogP contribution in [0.2, 0.25) is 5.02 Å². The van der Waals surface area contributed by atoms with Crippen LogP contribution in [0.15, 0.2) is 65.6 Å². The van der Waals surface area contributed by atoms with Crippen molar-refractivity contribution in [1.29, 1.82) is 0 Å². The fourth-order valence-electron chi connectivity index (χ4n) is 2.99. The van der Waals surface area contributed by atoms with Gasteiger partial charge in [0.25, 0.3) is 0 Å². The number of nitrogens with one attached hydrogen (secondary N) is 1. The molecule has 0 aliphatic carbocycles. The predicted octanol–water partition coefficient (Wildman–Crippen LogP) is 3.90. The molecule has 1 fully saturated rings. The van der Waals surface area contributed by atoms with Gasteiger partial charge in [0, 0.05) is 11.2 Å². The van der Waals surface area contributed by atoms with E-state index in [9.17, 15) is 14.4 Å². The number of rotatable bonds is 6. The van der Waals surface area contributed by atoms with Gasteiger partial charge in [-0.3, -0.25) is 9.88 Å². The van der Waals surface area contributed by atoms with E-state index in [0.717, 1.165) is 5.56 Å². The highest BCUT2D eigenvalue weighted by Crippen LogP contribution is 2.21. The van der Waals surface area contributed by atoms with E-state index >= 15 is 0 Å². The molecule has 0 saturated carbocycles. The SMILES string of the molecule is Cc1ccc(OC(=O)Nc2ccn([C@@H]3CO[C@H](COC(=O)Oc4ccc(Cl)cc4)O3)c(=O)n2)cc1. The van der Waals surface area contributed by atoms with E-state index < -0.39 is 30.5 Å². The largest absolute Gasteiger partial charge is 0.514 e. The van der Waals surface area contributed by atoms with Gasteiger partial charge in [-0.25, -0.2) is 14.4 Å². The van der Waals surface area contributed by atoms with E-state index in [1.54, 1.807) is 36.4 Å². The minimum absolute atomic E-state index is 0.00658. The summed E-state index contributed by atoms with van der Waals surface area (Å²) in [5, 5.41) is 2.89. The summed E-state index contributed by atoms with van der Waals surface area (Å²) in [5.74, 6) is 0.620. The number of ether oxygens (including phenoxy) is 5. The van der Waals surface area contributed by atoms with Crippen LogP contribution in [0.3, 0.4) is 0 Å². The molecule has 11 nitrogen and oxygen atoms in total. The Hall–Kier alpha value is -3.93. The number of anilines is 1. The van der Waals surface area contributed by atoms with Crippen LogP contribution in [0.1, 0.15) is 11.8 Å². The Morgan fingerprint density at radius 3 is 2.49 bits per heavy atom. The maximum Gasteiger partial charge on any atom is 0.514 e. The number of nitrogens with zero attached hydrogens (tertiary/aromatic N) is 2. The predicted molar refractivity (Wildman–Crippen MR) is 123 cm³/mol. The number of hydrogen-bond donors (Lipinski definition) is 1. The van der Waals surface area contributed by atoms with Crippen molar-refractivity contribution >= 4 is 29.7 Å². The molecule has 1 aromatic heterocycles. The number of aryl methyl sites for hydroxylation is 1. The number of carbonyl (C=O) groups is 2. The number of benzene rings is 2. The summed E-state index contributed by atoms with van der Waals surface area (Å²) in [6.07, 6.45) is -2.06. The lowest BCUT2D eigenvalue weighted by molar-refractivity contribution is -0.105. The van der Waals surface area contributed by atoms with Crippen LogP contribution < -0.4 is 20.5 Å². The number of halogens is 1. The second-order valence-electron chi connectivity index (χ2n) is 7.30. The molecule has 1 saturated heterocycles. The number of amides is 1. The zero-order valence-electron chi connectivity index (χ0n) is 18.4. The highest BCUT2D eigenvalue weighted by Gasteiger charge is 2.29.